The number of aromatic nitrogens is 2. The molecule has 0 spiro atoms. The largest absolute Gasteiger partial charge is 0.481 e. The molecule has 1 amide bonds. The summed E-state index contributed by atoms with van der Waals surface area (Å²) in [5.74, 6) is -1.28. The Balaban J connectivity index is 1.58. The Hall–Kier alpha value is -2.38. The van der Waals surface area contributed by atoms with E-state index in [0.717, 1.165) is 20.9 Å². The lowest BCUT2D eigenvalue weighted by Gasteiger charge is -2.27. The first-order valence-corrected chi connectivity index (χ1v) is 11.0. The molecule has 2 aromatic carbocycles. The van der Waals surface area contributed by atoms with Crippen molar-refractivity contribution < 1.29 is 14.7 Å². The van der Waals surface area contributed by atoms with Crippen molar-refractivity contribution in [3.8, 4) is 0 Å². The van der Waals surface area contributed by atoms with Gasteiger partial charge in [-0.2, -0.15) is 5.10 Å². The minimum atomic E-state index is -0.756. The maximum absolute atomic E-state index is 13.1. The van der Waals surface area contributed by atoms with Gasteiger partial charge in [-0.3, -0.25) is 14.3 Å². The lowest BCUT2D eigenvalue weighted by atomic mass is 9.86. The molecule has 1 aliphatic carbocycles. The molecule has 1 aliphatic rings. The average molecular weight is 491 g/mol. The second-order valence-electron chi connectivity index (χ2n) is 7.68. The SMILES string of the molecule is O=C(NC1CCC(C(=O)O)CC1)c1cc(Cl)cc2cnn(Cc3ccc(Br)cc3)c12. The van der Waals surface area contributed by atoms with Gasteiger partial charge in [-0.25, -0.2) is 0 Å². The zero-order valence-corrected chi connectivity index (χ0v) is 18.5. The van der Waals surface area contributed by atoms with Gasteiger partial charge in [-0.15, -0.1) is 0 Å². The van der Waals surface area contributed by atoms with Gasteiger partial charge in [0.25, 0.3) is 5.91 Å². The zero-order chi connectivity index (χ0) is 21.3. The number of carboxylic acids is 1. The van der Waals surface area contributed by atoms with Crippen LogP contribution in [0, 0.1) is 5.92 Å². The molecule has 3 aromatic rings. The summed E-state index contributed by atoms with van der Waals surface area (Å²) < 4.78 is 2.81. The van der Waals surface area contributed by atoms with Gasteiger partial charge >= 0.3 is 5.97 Å². The topological polar surface area (TPSA) is 84.2 Å². The molecule has 156 valence electrons. The number of nitrogens with one attached hydrogen (secondary N) is 1. The van der Waals surface area contributed by atoms with Crippen LogP contribution in [0.3, 0.4) is 0 Å². The van der Waals surface area contributed by atoms with Crippen molar-refractivity contribution >= 4 is 50.3 Å². The molecule has 0 bridgehead atoms. The van der Waals surface area contributed by atoms with Gasteiger partial charge in [-0.1, -0.05) is 39.7 Å². The summed E-state index contributed by atoms with van der Waals surface area (Å²) in [6.07, 6.45) is 4.18. The normalized spacial score (nSPS) is 19.0. The first-order valence-electron chi connectivity index (χ1n) is 9.84. The van der Waals surface area contributed by atoms with Crippen molar-refractivity contribution in [1.29, 1.82) is 0 Å². The molecular weight excluding hydrogens is 470 g/mol. The van der Waals surface area contributed by atoms with Crippen LogP contribution in [-0.4, -0.2) is 32.8 Å². The molecule has 1 fully saturated rings. The number of rotatable bonds is 5. The number of carbonyl (C=O) groups is 2. The highest BCUT2D eigenvalue weighted by Crippen LogP contribution is 2.27. The van der Waals surface area contributed by atoms with Gasteiger partial charge in [0.1, 0.15) is 0 Å². The van der Waals surface area contributed by atoms with Crippen molar-refractivity contribution in [3.63, 3.8) is 0 Å². The number of hydrogen-bond donors (Lipinski definition) is 2. The van der Waals surface area contributed by atoms with E-state index in [-0.39, 0.29) is 17.9 Å². The fourth-order valence-corrected chi connectivity index (χ4v) is 4.49. The highest BCUT2D eigenvalue weighted by Gasteiger charge is 2.27. The average Bonchev–Trinajstić information content (AvgIpc) is 3.11. The van der Waals surface area contributed by atoms with Crippen molar-refractivity contribution in [2.24, 2.45) is 5.92 Å². The van der Waals surface area contributed by atoms with E-state index in [1.807, 2.05) is 28.9 Å². The number of fused-ring (bicyclic) bond motifs is 1. The minimum Gasteiger partial charge on any atom is -0.481 e. The molecule has 2 N–H and O–H groups in total. The Morgan fingerprint density at radius 1 is 1.17 bits per heavy atom. The Kier molecular flexibility index (Phi) is 6.11. The zero-order valence-electron chi connectivity index (χ0n) is 16.1. The summed E-state index contributed by atoms with van der Waals surface area (Å²) in [7, 11) is 0. The van der Waals surface area contributed by atoms with E-state index in [4.69, 9.17) is 16.7 Å². The summed E-state index contributed by atoms with van der Waals surface area (Å²) in [4.78, 5) is 24.3. The number of halogens is 2. The fraction of sp³-hybridized carbons (Fsp3) is 0.318. The first kappa shape index (κ1) is 20.9. The van der Waals surface area contributed by atoms with Crippen LogP contribution in [0.5, 0.6) is 0 Å². The summed E-state index contributed by atoms with van der Waals surface area (Å²) in [5.41, 5.74) is 2.28. The van der Waals surface area contributed by atoms with Crippen molar-refractivity contribution in [1.82, 2.24) is 15.1 Å². The first-order chi connectivity index (χ1) is 14.4. The number of carbonyl (C=O) groups excluding carboxylic acids is 1. The van der Waals surface area contributed by atoms with Gasteiger partial charge in [0.05, 0.1) is 29.7 Å². The molecule has 0 saturated heterocycles. The van der Waals surface area contributed by atoms with Crippen molar-refractivity contribution in [2.75, 3.05) is 0 Å². The lowest BCUT2D eigenvalue weighted by molar-refractivity contribution is -0.142. The van der Waals surface area contributed by atoms with Crippen LogP contribution in [-0.2, 0) is 11.3 Å². The fourth-order valence-electron chi connectivity index (χ4n) is 4.00. The molecule has 30 heavy (non-hydrogen) atoms. The summed E-state index contributed by atoms with van der Waals surface area (Å²) in [6, 6.07) is 11.4. The molecule has 1 aromatic heterocycles. The number of benzene rings is 2. The maximum Gasteiger partial charge on any atom is 0.306 e. The number of aliphatic carboxylic acids is 1. The quantitative estimate of drug-likeness (QED) is 0.534. The smallest absolute Gasteiger partial charge is 0.306 e. The standard InChI is InChI=1S/C22H21BrClN3O3/c23-16-5-1-13(2-6-16)12-27-20-15(11-25-27)9-17(24)10-19(20)21(28)26-18-7-3-14(4-8-18)22(29)30/h1-2,5-6,9-11,14,18H,3-4,7-8,12H2,(H,26,28)(H,29,30). The van der Waals surface area contributed by atoms with Crippen LogP contribution >= 0.6 is 27.5 Å². The van der Waals surface area contributed by atoms with Gasteiger partial charge in [0.2, 0.25) is 0 Å². The third-order valence-corrected chi connectivity index (χ3v) is 6.35. The Bertz CT molecular complexity index is 1090. The molecule has 0 unspecified atom stereocenters. The van der Waals surface area contributed by atoms with Gasteiger partial charge in [-0.05, 0) is 55.5 Å². The van der Waals surface area contributed by atoms with E-state index < -0.39 is 5.97 Å². The van der Waals surface area contributed by atoms with Gasteiger partial charge in [0, 0.05) is 20.9 Å². The molecule has 0 aliphatic heterocycles. The number of hydrogen-bond acceptors (Lipinski definition) is 3. The maximum atomic E-state index is 13.1. The summed E-state index contributed by atoms with van der Waals surface area (Å²) >= 11 is 9.70. The van der Waals surface area contributed by atoms with Crippen molar-refractivity contribution in [2.45, 2.75) is 38.3 Å². The van der Waals surface area contributed by atoms with E-state index in [2.05, 4.69) is 26.3 Å². The minimum absolute atomic E-state index is 0.0371. The van der Waals surface area contributed by atoms with Gasteiger partial charge < -0.3 is 10.4 Å². The van der Waals surface area contributed by atoms with Crippen LogP contribution in [0.25, 0.3) is 10.9 Å². The Labute approximate surface area is 187 Å². The molecular formula is C22H21BrClN3O3. The highest BCUT2D eigenvalue weighted by molar-refractivity contribution is 9.10. The second-order valence-corrected chi connectivity index (χ2v) is 9.03. The molecule has 0 radical (unpaired) electrons. The lowest BCUT2D eigenvalue weighted by Crippen LogP contribution is -2.38. The third kappa shape index (κ3) is 4.52. The van der Waals surface area contributed by atoms with Crippen LogP contribution in [0.15, 0.2) is 47.1 Å². The predicted molar refractivity (Wildman–Crippen MR) is 119 cm³/mol. The highest BCUT2D eigenvalue weighted by atomic mass is 79.9. The van der Waals surface area contributed by atoms with Crippen LogP contribution in [0.4, 0.5) is 0 Å². The molecule has 0 atom stereocenters. The van der Waals surface area contributed by atoms with E-state index in [1.54, 1.807) is 18.3 Å². The molecule has 8 heteroatoms. The van der Waals surface area contributed by atoms with Gasteiger partial charge in [0.15, 0.2) is 0 Å². The van der Waals surface area contributed by atoms with Crippen LogP contribution in [0.2, 0.25) is 5.02 Å². The Morgan fingerprint density at radius 3 is 2.53 bits per heavy atom. The molecule has 4 rings (SSSR count). The molecule has 1 heterocycles. The van der Waals surface area contributed by atoms with E-state index in [1.165, 1.54) is 0 Å². The molecule has 6 nitrogen and oxygen atoms in total. The van der Waals surface area contributed by atoms with E-state index in [0.29, 0.717) is 42.8 Å². The number of amides is 1. The third-order valence-electron chi connectivity index (χ3n) is 5.60. The van der Waals surface area contributed by atoms with E-state index >= 15 is 0 Å². The van der Waals surface area contributed by atoms with E-state index in [9.17, 15) is 9.59 Å². The molecule has 1 saturated carbocycles. The summed E-state index contributed by atoms with van der Waals surface area (Å²) in [5, 5.41) is 18.0. The monoisotopic (exact) mass is 489 g/mol. The predicted octanol–water partition coefficient (Wildman–Crippen LogP) is 4.87. The van der Waals surface area contributed by atoms with Crippen LogP contribution in [0.1, 0.15) is 41.6 Å². The van der Waals surface area contributed by atoms with Crippen molar-refractivity contribution in [3.05, 3.63) is 63.2 Å². The van der Waals surface area contributed by atoms with Crippen LogP contribution < -0.4 is 5.32 Å². The summed E-state index contributed by atoms with van der Waals surface area (Å²) in [6.45, 7) is 0.530. The Morgan fingerprint density at radius 2 is 1.87 bits per heavy atom. The number of nitrogens with zero attached hydrogens (tertiary/aromatic N) is 2. The second kappa shape index (κ2) is 8.78. The number of carboxylic acid groups (broad SMARTS) is 1.